The van der Waals surface area contributed by atoms with E-state index in [1.165, 1.54) is 29.5 Å². The number of nitrogens with zero attached hydrogens (tertiary/aromatic N) is 1. The molecule has 3 aliphatic rings. The number of ether oxygens (including phenoxy) is 3. The van der Waals surface area contributed by atoms with Gasteiger partial charge in [-0.05, 0) is 92.4 Å². The van der Waals surface area contributed by atoms with Gasteiger partial charge in [-0.1, -0.05) is 18.2 Å². The van der Waals surface area contributed by atoms with E-state index in [1.807, 2.05) is 24.3 Å². The van der Waals surface area contributed by atoms with E-state index in [1.54, 1.807) is 7.11 Å². The van der Waals surface area contributed by atoms with Gasteiger partial charge in [0.15, 0.2) is 0 Å². The number of aryl methyl sites for hydroxylation is 1. The van der Waals surface area contributed by atoms with Crippen molar-refractivity contribution in [2.24, 2.45) is 0 Å². The van der Waals surface area contributed by atoms with E-state index in [4.69, 9.17) is 14.2 Å². The van der Waals surface area contributed by atoms with Crippen LogP contribution < -0.4 is 10.1 Å². The van der Waals surface area contributed by atoms with Crippen LogP contribution in [0.2, 0.25) is 0 Å². The molecule has 0 bridgehead atoms. The Morgan fingerprint density at radius 1 is 1.06 bits per heavy atom. The fourth-order valence-corrected chi connectivity index (χ4v) is 5.69. The molecule has 0 aromatic heterocycles. The van der Waals surface area contributed by atoms with Gasteiger partial charge in [0.1, 0.15) is 12.4 Å². The van der Waals surface area contributed by atoms with E-state index in [0.717, 1.165) is 64.2 Å². The average molecular weight is 479 g/mol. The molecule has 0 unspecified atom stereocenters. The second-order valence-electron chi connectivity index (χ2n) is 10.2. The Balaban J connectivity index is 1.12. The highest BCUT2D eigenvalue weighted by Gasteiger charge is 2.25. The lowest BCUT2D eigenvalue weighted by Crippen LogP contribution is -2.39. The maximum atomic E-state index is 12.8. The molecule has 2 aromatic rings. The summed E-state index contributed by atoms with van der Waals surface area (Å²) >= 11 is 0. The number of benzene rings is 2. The first kappa shape index (κ1) is 24.3. The fraction of sp³-hybridized carbons (Fsp3) is 0.552. The zero-order valence-corrected chi connectivity index (χ0v) is 20.8. The lowest BCUT2D eigenvalue weighted by molar-refractivity contribution is 0.0679. The molecule has 2 fully saturated rings. The normalized spacial score (nSPS) is 24.3. The van der Waals surface area contributed by atoms with Crippen molar-refractivity contribution in [1.29, 1.82) is 0 Å². The van der Waals surface area contributed by atoms with Crippen molar-refractivity contribution < 1.29 is 19.0 Å². The molecule has 6 nitrogen and oxygen atoms in total. The van der Waals surface area contributed by atoms with Gasteiger partial charge in [0.2, 0.25) is 0 Å². The Morgan fingerprint density at radius 2 is 1.94 bits per heavy atom. The third-order valence-electron chi connectivity index (χ3n) is 7.65. The number of amides is 1. The Hall–Kier alpha value is -2.41. The second-order valence-corrected chi connectivity index (χ2v) is 10.2. The minimum atomic E-state index is -0.0148. The van der Waals surface area contributed by atoms with Gasteiger partial charge in [-0.2, -0.15) is 0 Å². The molecule has 2 aromatic carbocycles. The van der Waals surface area contributed by atoms with Crippen LogP contribution >= 0.6 is 0 Å². The van der Waals surface area contributed by atoms with Crippen LogP contribution in [0.4, 0.5) is 0 Å². The monoisotopic (exact) mass is 478 g/mol. The quantitative estimate of drug-likeness (QED) is 0.587. The van der Waals surface area contributed by atoms with E-state index in [-0.39, 0.29) is 18.1 Å². The third kappa shape index (κ3) is 6.24. The first-order valence-corrected chi connectivity index (χ1v) is 13.2. The molecule has 188 valence electrons. The number of carbonyl (C=O) groups is 1. The van der Waals surface area contributed by atoms with Crippen molar-refractivity contribution in [1.82, 2.24) is 10.2 Å². The molecule has 0 radical (unpaired) electrons. The van der Waals surface area contributed by atoms with Gasteiger partial charge < -0.3 is 19.5 Å². The summed E-state index contributed by atoms with van der Waals surface area (Å²) in [5, 5.41) is 3.24. The van der Waals surface area contributed by atoms with Crippen molar-refractivity contribution in [3.63, 3.8) is 0 Å². The Morgan fingerprint density at radius 3 is 2.74 bits per heavy atom. The van der Waals surface area contributed by atoms with Crippen LogP contribution in [0, 0.1) is 0 Å². The highest BCUT2D eigenvalue weighted by atomic mass is 16.5. The van der Waals surface area contributed by atoms with Crippen molar-refractivity contribution in [3.8, 4) is 5.75 Å². The van der Waals surface area contributed by atoms with Gasteiger partial charge in [-0.15, -0.1) is 0 Å². The fourth-order valence-electron chi connectivity index (χ4n) is 5.69. The minimum absolute atomic E-state index is 0.0148. The van der Waals surface area contributed by atoms with Crippen molar-refractivity contribution in [3.05, 3.63) is 64.7 Å². The molecule has 0 spiro atoms. The number of likely N-dealkylation sites (tertiary alicyclic amines) is 1. The largest absolute Gasteiger partial charge is 0.491 e. The van der Waals surface area contributed by atoms with Gasteiger partial charge in [0.25, 0.3) is 5.91 Å². The van der Waals surface area contributed by atoms with E-state index in [2.05, 4.69) is 28.4 Å². The highest BCUT2D eigenvalue weighted by Crippen LogP contribution is 2.26. The molecule has 0 saturated carbocycles. The van der Waals surface area contributed by atoms with Crippen molar-refractivity contribution >= 4 is 5.91 Å². The van der Waals surface area contributed by atoms with Crippen molar-refractivity contribution in [2.75, 3.05) is 33.5 Å². The molecule has 1 N–H and O–H groups in total. The lowest BCUT2D eigenvalue weighted by atomic mass is 9.87. The topological polar surface area (TPSA) is 60.0 Å². The summed E-state index contributed by atoms with van der Waals surface area (Å²) in [5.74, 6) is 0.765. The second kappa shape index (κ2) is 11.5. The Bertz CT molecular complexity index is 987. The molecule has 6 heteroatoms. The molecule has 35 heavy (non-hydrogen) atoms. The zero-order chi connectivity index (χ0) is 24.0. The summed E-state index contributed by atoms with van der Waals surface area (Å²) in [6.45, 7) is 4.36. The number of rotatable bonds is 9. The number of nitrogens with one attached hydrogen (secondary N) is 1. The van der Waals surface area contributed by atoms with Crippen LogP contribution in [0.3, 0.4) is 0 Å². The number of hydrogen-bond acceptors (Lipinski definition) is 5. The predicted molar refractivity (Wildman–Crippen MR) is 136 cm³/mol. The summed E-state index contributed by atoms with van der Waals surface area (Å²) in [5.41, 5.74) is 4.85. The number of carbonyl (C=O) groups excluding carboxylic acids is 1. The maximum Gasteiger partial charge on any atom is 0.251 e. The van der Waals surface area contributed by atoms with E-state index >= 15 is 0 Å². The van der Waals surface area contributed by atoms with Gasteiger partial charge in [0.05, 0.1) is 12.7 Å². The van der Waals surface area contributed by atoms with E-state index in [0.29, 0.717) is 18.2 Å². The molecule has 2 heterocycles. The molecule has 1 aliphatic carbocycles. The summed E-state index contributed by atoms with van der Waals surface area (Å²) in [6, 6.07) is 15.1. The Labute approximate surface area is 208 Å². The van der Waals surface area contributed by atoms with Gasteiger partial charge >= 0.3 is 0 Å². The minimum Gasteiger partial charge on any atom is -0.491 e. The Kier molecular flexibility index (Phi) is 8.02. The maximum absolute atomic E-state index is 12.8. The molecular formula is C29H38N2O4. The molecule has 3 atom stereocenters. The summed E-state index contributed by atoms with van der Waals surface area (Å²) in [7, 11) is 1.79. The highest BCUT2D eigenvalue weighted by molar-refractivity contribution is 5.94. The van der Waals surface area contributed by atoms with Crippen LogP contribution in [0.5, 0.6) is 5.75 Å². The smallest absolute Gasteiger partial charge is 0.251 e. The van der Waals surface area contributed by atoms with Crippen LogP contribution in [0.25, 0.3) is 0 Å². The van der Waals surface area contributed by atoms with Crippen LogP contribution in [-0.4, -0.2) is 62.5 Å². The predicted octanol–water partition coefficient (Wildman–Crippen LogP) is 4.14. The first-order valence-electron chi connectivity index (χ1n) is 13.2. The number of fused-ring (bicyclic) bond motifs is 1. The van der Waals surface area contributed by atoms with E-state index in [9.17, 15) is 4.79 Å². The van der Waals surface area contributed by atoms with Crippen LogP contribution in [0.1, 0.15) is 59.2 Å². The standard InChI is InChI=1S/C29H38N2O4/c1-33-19-26-4-2-14-31(26)18-21-6-7-24-17-25(11-8-23(24)16-21)30-29(32)22-9-12-27(13-10-22)35-20-28-5-3-15-34-28/h6-7,9-10,12-13,16,25-26,28H,2-5,8,11,14-15,17-20H2,1H3,(H,30,32)/t25-,26+,28-/m0/s1. The number of methoxy groups -OCH3 is 1. The zero-order valence-electron chi connectivity index (χ0n) is 20.8. The average Bonchev–Trinajstić information content (AvgIpc) is 3.56. The molecule has 1 amide bonds. The molecule has 2 saturated heterocycles. The molecule has 5 rings (SSSR count). The lowest BCUT2D eigenvalue weighted by Gasteiger charge is -2.27. The van der Waals surface area contributed by atoms with Gasteiger partial charge in [-0.25, -0.2) is 0 Å². The SMILES string of the molecule is COC[C@H]1CCCN1Cc1ccc2c(c1)CC[C@H](NC(=O)c1ccc(OC[C@@H]3CCCO3)cc1)C2. The van der Waals surface area contributed by atoms with Gasteiger partial charge in [-0.3, -0.25) is 9.69 Å². The van der Waals surface area contributed by atoms with Crippen LogP contribution in [-0.2, 0) is 28.9 Å². The first-order chi connectivity index (χ1) is 17.2. The van der Waals surface area contributed by atoms with Crippen LogP contribution in [0.15, 0.2) is 42.5 Å². The summed E-state index contributed by atoms with van der Waals surface area (Å²) in [6.07, 6.45) is 7.70. The number of hydrogen-bond donors (Lipinski definition) is 1. The summed E-state index contributed by atoms with van der Waals surface area (Å²) < 4.78 is 16.8. The molecular weight excluding hydrogens is 440 g/mol. The van der Waals surface area contributed by atoms with E-state index < -0.39 is 0 Å². The molecule has 2 aliphatic heterocycles. The van der Waals surface area contributed by atoms with Crippen molar-refractivity contribution in [2.45, 2.75) is 69.7 Å². The third-order valence-corrected chi connectivity index (χ3v) is 7.65. The van der Waals surface area contributed by atoms with Gasteiger partial charge in [0, 0.05) is 37.9 Å². The summed E-state index contributed by atoms with van der Waals surface area (Å²) in [4.78, 5) is 15.4.